The van der Waals surface area contributed by atoms with E-state index < -0.39 is 0 Å². The van der Waals surface area contributed by atoms with E-state index in [0.717, 1.165) is 24.9 Å². The minimum atomic E-state index is 0.117. The van der Waals surface area contributed by atoms with Gasteiger partial charge in [-0.2, -0.15) is 15.0 Å². The van der Waals surface area contributed by atoms with Crippen molar-refractivity contribution < 1.29 is 0 Å². The molecule has 0 unspecified atom stereocenters. The third-order valence-corrected chi connectivity index (χ3v) is 3.45. The number of anilines is 3. The minimum absolute atomic E-state index is 0.117. The molecule has 2 heterocycles. The third kappa shape index (κ3) is 4.05. The molecule has 2 aromatic heterocycles. The van der Waals surface area contributed by atoms with Crippen molar-refractivity contribution >= 4 is 40.9 Å². The molecule has 112 valence electrons. The summed E-state index contributed by atoms with van der Waals surface area (Å²) in [6.45, 7) is 5.55. The molecule has 8 nitrogen and oxygen atoms in total. The summed E-state index contributed by atoms with van der Waals surface area (Å²) in [5.74, 6) is 1.09. The zero-order valence-corrected chi connectivity index (χ0v) is 13.2. The molecule has 0 spiro atoms. The average molecular weight is 327 g/mol. The minimum Gasteiger partial charge on any atom is -0.383 e. The number of rotatable bonds is 5. The lowest BCUT2D eigenvalue weighted by atomic mass is 10.5. The van der Waals surface area contributed by atoms with Crippen molar-refractivity contribution in [3.63, 3.8) is 0 Å². The van der Waals surface area contributed by atoms with Crippen LogP contribution in [0.2, 0.25) is 5.28 Å². The third-order valence-electron chi connectivity index (χ3n) is 2.55. The van der Waals surface area contributed by atoms with Crippen LogP contribution in [0.4, 0.5) is 17.6 Å². The van der Waals surface area contributed by atoms with E-state index in [1.54, 1.807) is 0 Å². The van der Waals surface area contributed by atoms with Crippen LogP contribution >= 0.6 is 23.4 Å². The molecule has 0 aliphatic heterocycles. The van der Waals surface area contributed by atoms with E-state index >= 15 is 0 Å². The van der Waals surface area contributed by atoms with Gasteiger partial charge in [0.25, 0.3) is 0 Å². The van der Waals surface area contributed by atoms with Crippen LogP contribution in [-0.2, 0) is 0 Å². The Kier molecular flexibility index (Phi) is 4.97. The number of aromatic nitrogens is 5. The molecule has 0 saturated carbocycles. The van der Waals surface area contributed by atoms with Gasteiger partial charge in [0.2, 0.25) is 16.4 Å². The summed E-state index contributed by atoms with van der Waals surface area (Å²) in [5, 5.41) is 0.869. The first-order chi connectivity index (χ1) is 10.0. The highest BCUT2D eigenvalue weighted by Gasteiger charge is 2.13. The molecule has 0 amide bonds. The number of nitrogens with zero attached hydrogens (tertiary/aromatic N) is 6. The van der Waals surface area contributed by atoms with Gasteiger partial charge >= 0.3 is 0 Å². The van der Waals surface area contributed by atoms with Crippen molar-refractivity contribution in [2.45, 2.75) is 24.2 Å². The summed E-state index contributed by atoms with van der Waals surface area (Å²) in [6, 6.07) is 1.48. The van der Waals surface area contributed by atoms with Crippen LogP contribution in [-0.4, -0.2) is 38.0 Å². The molecule has 0 aliphatic rings. The fourth-order valence-electron chi connectivity index (χ4n) is 1.60. The van der Waals surface area contributed by atoms with Gasteiger partial charge in [0, 0.05) is 19.2 Å². The van der Waals surface area contributed by atoms with Crippen molar-refractivity contribution in [3.8, 4) is 0 Å². The predicted octanol–water partition coefficient (Wildman–Crippen LogP) is 1.48. The molecule has 0 bridgehead atoms. The van der Waals surface area contributed by atoms with Gasteiger partial charge in [-0.05, 0) is 37.2 Å². The van der Waals surface area contributed by atoms with E-state index in [2.05, 4.69) is 24.9 Å². The molecule has 0 saturated heterocycles. The SMILES string of the molecule is CCN(CC)c1nc(Cl)nc(Sc2nc(N)cc(N)n2)n1. The molecule has 0 radical (unpaired) electrons. The fourth-order valence-corrected chi connectivity index (χ4v) is 2.54. The zero-order chi connectivity index (χ0) is 15.4. The van der Waals surface area contributed by atoms with Gasteiger partial charge in [-0.3, -0.25) is 0 Å². The van der Waals surface area contributed by atoms with Crippen LogP contribution in [0, 0.1) is 0 Å². The monoisotopic (exact) mass is 326 g/mol. The van der Waals surface area contributed by atoms with E-state index in [1.807, 2.05) is 18.7 Å². The molecule has 0 atom stereocenters. The summed E-state index contributed by atoms with van der Waals surface area (Å²) < 4.78 is 0. The van der Waals surface area contributed by atoms with Crippen LogP contribution in [0.5, 0.6) is 0 Å². The van der Waals surface area contributed by atoms with Crippen molar-refractivity contribution in [1.29, 1.82) is 0 Å². The van der Waals surface area contributed by atoms with Gasteiger partial charge < -0.3 is 16.4 Å². The number of hydrogen-bond acceptors (Lipinski definition) is 9. The number of nitrogens with two attached hydrogens (primary N) is 2. The summed E-state index contributed by atoms with van der Waals surface area (Å²) >= 11 is 7.07. The maximum atomic E-state index is 5.94. The molecule has 2 rings (SSSR count). The summed E-state index contributed by atoms with van der Waals surface area (Å²) in [4.78, 5) is 22.6. The number of halogens is 1. The van der Waals surface area contributed by atoms with Crippen molar-refractivity contribution in [3.05, 3.63) is 11.3 Å². The Balaban J connectivity index is 2.31. The van der Waals surface area contributed by atoms with Crippen LogP contribution in [0.15, 0.2) is 16.4 Å². The predicted molar refractivity (Wildman–Crippen MR) is 83.4 cm³/mol. The van der Waals surface area contributed by atoms with E-state index in [0.29, 0.717) is 16.3 Å². The summed E-state index contributed by atoms with van der Waals surface area (Å²) in [7, 11) is 0. The normalized spacial score (nSPS) is 10.6. The van der Waals surface area contributed by atoms with E-state index in [4.69, 9.17) is 23.1 Å². The molecule has 21 heavy (non-hydrogen) atoms. The second-order valence-electron chi connectivity index (χ2n) is 3.96. The topological polar surface area (TPSA) is 120 Å². The first-order valence-electron chi connectivity index (χ1n) is 6.26. The molecule has 4 N–H and O–H groups in total. The molecule has 0 aromatic carbocycles. The quantitative estimate of drug-likeness (QED) is 0.787. The molecular formula is C11H15ClN8S. The highest BCUT2D eigenvalue weighted by molar-refractivity contribution is 7.99. The van der Waals surface area contributed by atoms with Crippen LogP contribution in [0.3, 0.4) is 0 Å². The Morgan fingerprint density at radius 1 is 1.00 bits per heavy atom. The lowest BCUT2D eigenvalue weighted by Crippen LogP contribution is -2.24. The number of hydrogen-bond donors (Lipinski definition) is 2. The standard InChI is InChI=1S/C11H15ClN8S/c1-3-20(4-2)9-17-8(12)18-11(19-9)21-10-15-6(13)5-7(14)16-10/h5H,3-4H2,1-2H3,(H4,13,14,15,16). The van der Waals surface area contributed by atoms with Crippen molar-refractivity contribution in [1.82, 2.24) is 24.9 Å². The maximum Gasteiger partial charge on any atom is 0.230 e. The number of nitrogen functional groups attached to an aromatic ring is 2. The van der Waals surface area contributed by atoms with Gasteiger partial charge in [0.05, 0.1) is 0 Å². The van der Waals surface area contributed by atoms with Gasteiger partial charge in [0.15, 0.2) is 5.16 Å². The molecule has 0 fully saturated rings. The highest BCUT2D eigenvalue weighted by atomic mass is 35.5. The second kappa shape index (κ2) is 6.72. The first-order valence-corrected chi connectivity index (χ1v) is 7.45. The molecule has 2 aromatic rings. The molecule has 10 heteroatoms. The van der Waals surface area contributed by atoms with E-state index in [-0.39, 0.29) is 16.9 Å². The maximum absolute atomic E-state index is 5.94. The van der Waals surface area contributed by atoms with Crippen molar-refractivity contribution in [2.75, 3.05) is 29.5 Å². The van der Waals surface area contributed by atoms with Crippen LogP contribution < -0.4 is 16.4 Å². The van der Waals surface area contributed by atoms with Crippen molar-refractivity contribution in [2.24, 2.45) is 0 Å². The zero-order valence-electron chi connectivity index (χ0n) is 11.6. The van der Waals surface area contributed by atoms with Gasteiger partial charge in [-0.25, -0.2) is 9.97 Å². The summed E-state index contributed by atoms with van der Waals surface area (Å²) in [6.07, 6.45) is 0. The smallest absolute Gasteiger partial charge is 0.230 e. The first kappa shape index (κ1) is 15.5. The molecule has 0 aliphatic carbocycles. The largest absolute Gasteiger partial charge is 0.383 e. The Labute approximate surface area is 131 Å². The van der Waals surface area contributed by atoms with Crippen LogP contribution in [0.25, 0.3) is 0 Å². The van der Waals surface area contributed by atoms with Gasteiger partial charge in [0.1, 0.15) is 11.6 Å². The average Bonchev–Trinajstić information content (AvgIpc) is 2.38. The van der Waals surface area contributed by atoms with Gasteiger partial charge in [-0.1, -0.05) is 0 Å². The summed E-state index contributed by atoms with van der Waals surface area (Å²) in [5.41, 5.74) is 11.3. The Bertz CT molecular complexity index is 613. The lowest BCUT2D eigenvalue weighted by Gasteiger charge is -2.18. The lowest BCUT2D eigenvalue weighted by molar-refractivity contribution is 0.780. The fraction of sp³-hybridized carbons (Fsp3) is 0.364. The molecular weight excluding hydrogens is 312 g/mol. The van der Waals surface area contributed by atoms with Crippen LogP contribution in [0.1, 0.15) is 13.8 Å². The van der Waals surface area contributed by atoms with Gasteiger partial charge in [-0.15, -0.1) is 0 Å². The Morgan fingerprint density at radius 3 is 2.14 bits per heavy atom. The highest BCUT2D eigenvalue weighted by Crippen LogP contribution is 2.25. The Morgan fingerprint density at radius 2 is 1.57 bits per heavy atom. The van der Waals surface area contributed by atoms with E-state index in [1.165, 1.54) is 6.07 Å². The van der Waals surface area contributed by atoms with E-state index in [9.17, 15) is 0 Å². The Hall–Kier alpha value is -1.87. The second-order valence-corrected chi connectivity index (χ2v) is 5.23.